The van der Waals surface area contributed by atoms with Crippen LogP contribution in [0.25, 0.3) is 0 Å². The summed E-state index contributed by atoms with van der Waals surface area (Å²) < 4.78 is 2.80. The maximum atomic E-state index is 6.16. The summed E-state index contributed by atoms with van der Waals surface area (Å²) in [5.41, 5.74) is 2.63. The van der Waals surface area contributed by atoms with Gasteiger partial charge in [0, 0.05) is 11.9 Å². The van der Waals surface area contributed by atoms with Gasteiger partial charge in [-0.1, -0.05) is 41.4 Å². The summed E-state index contributed by atoms with van der Waals surface area (Å²) >= 11 is 20.9. The number of thiocarbonyl (C=S) groups is 1. The average molecular weight is 456 g/mol. The first-order valence-corrected chi connectivity index (χ1v) is 9.26. The Hall–Kier alpha value is -1.60. The molecule has 0 aliphatic rings. The molecular formula is C17H13BrCl2N4S. The van der Waals surface area contributed by atoms with E-state index in [4.69, 9.17) is 35.4 Å². The van der Waals surface area contributed by atoms with Crippen LogP contribution in [0, 0.1) is 0 Å². The van der Waals surface area contributed by atoms with E-state index in [-0.39, 0.29) is 0 Å². The lowest BCUT2D eigenvalue weighted by molar-refractivity contribution is 0.687. The van der Waals surface area contributed by atoms with Crippen molar-refractivity contribution >= 4 is 67.8 Å². The Labute approximate surface area is 169 Å². The average Bonchev–Trinajstić information content (AvgIpc) is 2.97. The van der Waals surface area contributed by atoms with Crippen LogP contribution in [0.5, 0.6) is 0 Å². The number of nitrogens with one attached hydrogen (secondary N) is 2. The molecule has 0 saturated heterocycles. The molecule has 4 nitrogen and oxygen atoms in total. The van der Waals surface area contributed by atoms with Crippen LogP contribution in [-0.2, 0) is 6.54 Å². The molecule has 0 spiro atoms. The largest absolute Gasteiger partial charge is 0.332 e. The Balaban J connectivity index is 1.67. The van der Waals surface area contributed by atoms with Crippen LogP contribution in [0.1, 0.15) is 5.56 Å². The molecule has 25 heavy (non-hydrogen) atoms. The minimum Gasteiger partial charge on any atom is -0.332 e. The number of aromatic nitrogens is 2. The van der Waals surface area contributed by atoms with Crippen molar-refractivity contribution in [3.63, 3.8) is 0 Å². The third-order valence-corrected chi connectivity index (χ3v) is 4.76. The van der Waals surface area contributed by atoms with E-state index in [2.05, 4.69) is 31.7 Å². The van der Waals surface area contributed by atoms with Gasteiger partial charge in [-0.15, -0.1) is 0 Å². The molecular weight excluding hydrogens is 443 g/mol. The molecule has 0 aliphatic heterocycles. The normalized spacial score (nSPS) is 10.5. The Morgan fingerprint density at radius 3 is 2.72 bits per heavy atom. The van der Waals surface area contributed by atoms with Crippen molar-refractivity contribution in [3.8, 4) is 0 Å². The van der Waals surface area contributed by atoms with E-state index in [1.165, 1.54) is 0 Å². The Kier molecular flexibility index (Phi) is 5.96. The molecule has 0 bridgehead atoms. The zero-order valence-corrected chi connectivity index (χ0v) is 16.8. The Morgan fingerprint density at radius 1 is 1.16 bits per heavy atom. The van der Waals surface area contributed by atoms with Gasteiger partial charge in [-0.2, -0.15) is 5.10 Å². The first-order valence-electron chi connectivity index (χ1n) is 7.30. The molecule has 3 rings (SSSR count). The van der Waals surface area contributed by atoms with Gasteiger partial charge in [0.1, 0.15) is 0 Å². The molecule has 3 aromatic rings. The SMILES string of the molecule is S=C(Nc1cccc(Cn2cc(Br)cn2)c1)Nc1cccc(Cl)c1Cl. The number of anilines is 2. The van der Waals surface area contributed by atoms with Crippen LogP contribution in [-0.4, -0.2) is 14.9 Å². The standard InChI is InChI=1S/C17H13BrCl2N4S/c18-12-8-21-24(10-12)9-11-3-1-4-13(7-11)22-17(25)23-15-6-2-5-14(19)16(15)20/h1-8,10H,9H2,(H2,22,23,25). The molecule has 2 N–H and O–H groups in total. The number of nitrogens with zero attached hydrogens (tertiary/aromatic N) is 2. The predicted octanol–water partition coefficient (Wildman–Crippen LogP) is 5.81. The lowest BCUT2D eigenvalue weighted by atomic mass is 10.2. The third kappa shape index (κ3) is 4.95. The Morgan fingerprint density at radius 2 is 1.96 bits per heavy atom. The monoisotopic (exact) mass is 454 g/mol. The lowest BCUT2D eigenvalue weighted by Crippen LogP contribution is -2.19. The van der Waals surface area contributed by atoms with Crippen molar-refractivity contribution in [2.24, 2.45) is 0 Å². The first-order chi connectivity index (χ1) is 12.0. The summed E-state index contributed by atoms with van der Waals surface area (Å²) in [5, 5.41) is 11.8. The van der Waals surface area contributed by atoms with Gasteiger partial charge in [-0.3, -0.25) is 4.68 Å². The summed E-state index contributed by atoms with van der Waals surface area (Å²) in [4.78, 5) is 0. The van der Waals surface area contributed by atoms with E-state index >= 15 is 0 Å². The molecule has 0 unspecified atom stereocenters. The number of hydrogen-bond acceptors (Lipinski definition) is 2. The van der Waals surface area contributed by atoms with Crippen molar-refractivity contribution in [1.29, 1.82) is 0 Å². The van der Waals surface area contributed by atoms with Crippen molar-refractivity contribution in [1.82, 2.24) is 9.78 Å². The fourth-order valence-electron chi connectivity index (χ4n) is 2.24. The van der Waals surface area contributed by atoms with Gasteiger partial charge in [0.25, 0.3) is 0 Å². The van der Waals surface area contributed by atoms with E-state index < -0.39 is 0 Å². The first kappa shape index (κ1) is 18.2. The van der Waals surface area contributed by atoms with Crippen LogP contribution in [0.4, 0.5) is 11.4 Å². The number of rotatable bonds is 4. The van der Waals surface area contributed by atoms with Crippen LogP contribution < -0.4 is 10.6 Å². The minimum absolute atomic E-state index is 0.433. The Bertz CT molecular complexity index is 913. The van der Waals surface area contributed by atoms with Gasteiger partial charge < -0.3 is 10.6 Å². The quantitative estimate of drug-likeness (QED) is 0.487. The highest BCUT2D eigenvalue weighted by Crippen LogP contribution is 2.29. The van der Waals surface area contributed by atoms with Gasteiger partial charge in [-0.25, -0.2) is 0 Å². The van der Waals surface area contributed by atoms with Gasteiger partial charge in [0.15, 0.2) is 5.11 Å². The molecule has 1 heterocycles. The minimum atomic E-state index is 0.433. The van der Waals surface area contributed by atoms with E-state index in [9.17, 15) is 0 Å². The fourth-order valence-corrected chi connectivity index (χ4v) is 3.15. The fraction of sp³-hybridized carbons (Fsp3) is 0.0588. The highest BCUT2D eigenvalue weighted by molar-refractivity contribution is 9.10. The van der Waals surface area contributed by atoms with E-state index in [1.807, 2.05) is 47.3 Å². The van der Waals surface area contributed by atoms with E-state index in [0.29, 0.717) is 27.4 Å². The topological polar surface area (TPSA) is 41.9 Å². The smallest absolute Gasteiger partial charge is 0.175 e. The number of halogens is 3. The predicted molar refractivity (Wildman–Crippen MR) is 112 cm³/mol. The van der Waals surface area contributed by atoms with Gasteiger partial charge in [0.05, 0.1) is 32.9 Å². The van der Waals surface area contributed by atoms with Crippen LogP contribution in [0.15, 0.2) is 59.3 Å². The molecule has 8 heteroatoms. The number of hydrogen-bond donors (Lipinski definition) is 2. The van der Waals surface area contributed by atoms with Crippen molar-refractivity contribution < 1.29 is 0 Å². The van der Waals surface area contributed by atoms with Crippen molar-refractivity contribution in [2.75, 3.05) is 10.6 Å². The third-order valence-electron chi connectivity index (χ3n) is 3.33. The van der Waals surface area contributed by atoms with Crippen LogP contribution >= 0.6 is 51.3 Å². The summed E-state index contributed by atoms with van der Waals surface area (Å²) in [7, 11) is 0. The summed E-state index contributed by atoms with van der Waals surface area (Å²) in [6.45, 7) is 0.668. The van der Waals surface area contributed by atoms with Gasteiger partial charge in [0.2, 0.25) is 0 Å². The summed E-state index contributed by atoms with van der Waals surface area (Å²) in [5.74, 6) is 0. The second kappa shape index (κ2) is 8.19. The zero-order valence-electron chi connectivity index (χ0n) is 12.8. The molecule has 128 valence electrons. The maximum Gasteiger partial charge on any atom is 0.175 e. The van der Waals surface area contributed by atoms with Gasteiger partial charge in [-0.05, 0) is 58.0 Å². The molecule has 0 atom stereocenters. The summed E-state index contributed by atoms with van der Waals surface area (Å²) in [6.07, 6.45) is 3.68. The van der Waals surface area contributed by atoms with Crippen molar-refractivity contribution in [3.05, 3.63) is 74.9 Å². The zero-order chi connectivity index (χ0) is 17.8. The van der Waals surface area contributed by atoms with Gasteiger partial charge >= 0.3 is 0 Å². The van der Waals surface area contributed by atoms with Crippen molar-refractivity contribution in [2.45, 2.75) is 6.54 Å². The number of benzene rings is 2. The highest BCUT2D eigenvalue weighted by atomic mass is 79.9. The van der Waals surface area contributed by atoms with E-state index in [0.717, 1.165) is 15.7 Å². The molecule has 0 amide bonds. The van der Waals surface area contributed by atoms with Crippen LogP contribution in [0.2, 0.25) is 10.0 Å². The molecule has 0 fully saturated rings. The molecule has 1 aromatic heterocycles. The lowest BCUT2D eigenvalue weighted by Gasteiger charge is -2.13. The summed E-state index contributed by atoms with van der Waals surface area (Å²) in [6, 6.07) is 13.3. The molecule has 0 radical (unpaired) electrons. The molecule has 0 aliphatic carbocycles. The van der Waals surface area contributed by atoms with E-state index in [1.54, 1.807) is 12.3 Å². The molecule has 0 saturated carbocycles. The highest BCUT2D eigenvalue weighted by Gasteiger charge is 2.06. The second-order valence-electron chi connectivity index (χ2n) is 5.24. The van der Waals surface area contributed by atoms with Crippen LogP contribution in [0.3, 0.4) is 0 Å². The maximum absolute atomic E-state index is 6.16. The second-order valence-corrected chi connectivity index (χ2v) is 7.35. The molecule has 2 aromatic carbocycles.